The number of amides is 1. The van der Waals surface area contributed by atoms with Crippen molar-refractivity contribution in [2.75, 3.05) is 7.05 Å². The molecular weight excluding hydrogens is 316 g/mol. The third-order valence-corrected chi connectivity index (χ3v) is 3.88. The minimum Gasteiger partial charge on any atom is -0.358 e. The number of halogens is 1. The van der Waals surface area contributed by atoms with Crippen molar-refractivity contribution in [1.29, 1.82) is 0 Å². The van der Waals surface area contributed by atoms with Crippen molar-refractivity contribution in [2.24, 2.45) is 5.92 Å². The standard InChI is InChI=1S/C16H25BrN2O/c1-5-14(12-6-8-13(17)9-7-12)19-15(10-11(2)3)16(20)18-4/h6-9,11,14-15,19H,5,10H2,1-4H3,(H,18,20). The summed E-state index contributed by atoms with van der Waals surface area (Å²) >= 11 is 3.45. The molecule has 0 saturated heterocycles. The second-order valence-electron chi connectivity index (χ2n) is 5.48. The second-order valence-corrected chi connectivity index (χ2v) is 6.39. The molecule has 4 heteroatoms. The van der Waals surface area contributed by atoms with Gasteiger partial charge in [-0.2, -0.15) is 0 Å². The third-order valence-electron chi connectivity index (χ3n) is 3.35. The molecule has 112 valence electrons. The summed E-state index contributed by atoms with van der Waals surface area (Å²) in [4.78, 5) is 12.0. The maximum atomic E-state index is 12.0. The van der Waals surface area contributed by atoms with Crippen LogP contribution in [0.5, 0.6) is 0 Å². The molecule has 1 aromatic carbocycles. The van der Waals surface area contributed by atoms with Gasteiger partial charge in [-0.3, -0.25) is 10.1 Å². The number of likely N-dealkylation sites (N-methyl/N-ethyl adjacent to an activating group) is 1. The first-order valence-corrected chi connectivity index (χ1v) is 8.00. The largest absolute Gasteiger partial charge is 0.358 e. The molecule has 1 rings (SSSR count). The lowest BCUT2D eigenvalue weighted by molar-refractivity contribution is -0.123. The molecule has 0 saturated carbocycles. The molecule has 0 fully saturated rings. The summed E-state index contributed by atoms with van der Waals surface area (Å²) in [6.45, 7) is 6.41. The van der Waals surface area contributed by atoms with Gasteiger partial charge in [-0.25, -0.2) is 0 Å². The minimum atomic E-state index is -0.145. The highest BCUT2D eigenvalue weighted by atomic mass is 79.9. The molecule has 2 unspecified atom stereocenters. The number of benzene rings is 1. The van der Waals surface area contributed by atoms with E-state index < -0.39 is 0 Å². The van der Waals surface area contributed by atoms with Crippen molar-refractivity contribution in [1.82, 2.24) is 10.6 Å². The minimum absolute atomic E-state index is 0.0641. The van der Waals surface area contributed by atoms with Crippen LogP contribution in [0.15, 0.2) is 28.7 Å². The number of rotatable bonds is 7. The fourth-order valence-electron chi connectivity index (χ4n) is 2.28. The van der Waals surface area contributed by atoms with E-state index in [4.69, 9.17) is 0 Å². The summed E-state index contributed by atoms with van der Waals surface area (Å²) in [5.74, 6) is 0.543. The average molecular weight is 341 g/mol. The molecule has 0 aliphatic rings. The van der Waals surface area contributed by atoms with Crippen molar-refractivity contribution < 1.29 is 4.79 Å². The van der Waals surface area contributed by atoms with E-state index >= 15 is 0 Å². The Morgan fingerprint density at radius 1 is 1.25 bits per heavy atom. The Hall–Kier alpha value is -0.870. The van der Waals surface area contributed by atoms with Crippen LogP contribution in [0, 0.1) is 5.92 Å². The number of carbonyl (C=O) groups excluding carboxylic acids is 1. The summed E-state index contributed by atoms with van der Waals surface area (Å²) in [6, 6.07) is 8.33. The number of hydrogen-bond donors (Lipinski definition) is 2. The highest BCUT2D eigenvalue weighted by molar-refractivity contribution is 9.10. The van der Waals surface area contributed by atoms with Crippen molar-refractivity contribution in [2.45, 2.75) is 45.7 Å². The van der Waals surface area contributed by atoms with Gasteiger partial charge in [0.25, 0.3) is 0 Å². The van der Waals surface area contributed by atoms with E-state index in [0.29, 0.717) is 5.92 Å². The van der Waals surface area contributed by atoms with Crippen LogP contribution in [-0.4, -0.2) is 19.0 Å². The van der Waals surface area contributed by atoms with Gasteiger partial charge >= 0.3 is 0 Å². The molecule has 2 atom stereocenters. The first kappa shape index (κ1) is 17.2. The number of nitrogens with one attached hydrogen (secondary N) is 2. The molecule has 20 heavy (non-hydrogen) atoms. The predicted molar refractivity (Wildman–Crippen MR) is 87.6 cm³/mol. The Balaban J connectivity index is 2.82. The maximum absolute atomic E-state index is 12.0. The summed E-state index contributed by atoms with van der Waals surface area (Å²) < 4.78 is 1.07. The molecule has 0 heterocycles. The molecule has 2 N–H and O–H groups in total. The van der Waals surface area contributed by atoms with Gasteiger partial charge in [-0.1, -0.05) is 48.8 Å². The summed E-state index contributed by atoms with van der Waals surface area (Å²) in [6.07, 6.45) is 1.79. The molecule has 0 bridgehead atoms. The zero-order valence-electron chi connectivity index (χ0n) is 12.7. The molecule has 1 amide bonds. The summed E-state index contributed by atoms with van der Waals surface area (Å²) in [5.41, 5.74) is 1.22. The number of hydrogen-bond acceptors (Lipinski definition) is 2. The predicted octanol–water partition coefficient (Wildman–Crippen LogP) is 3.65. The van der Waals surface area contributed by atoms with Crippen LogP contribution in [0.4, 0.5) is 0 Å². The van der Waals surface area contributed by atoms with Crippen molar-refractivity contribution in [3.63, 3.8) is 0 Å². The molecule has 0 aliphatic heterocycles. The molecule has 0 radical (unpaired) electrons. The lowest BCUT2D eigenvalue weighted by Gasteiger charge is -2.25. The Morgan fingerprint density at radius 2 is 1.85 bits per heavy atom. The lowest BCUT2D eigenvalue weighted by Crippen LogP contribution is -2.45. The topological polar surface area (TPSA) is 41.1 Å². The highest BCUT2D eigenvalue weighted by Crippen LogP contribution is 2.21. The summed E-state index contributed by atoms with van der Waals surface area (Å²) in [5, 5.41) is 6.25. The van der Waals surface area contributed by atoms with Crippen molar-refractivity contribution in [3.05, 3.63) is 34.3 Å². The van der Waals surface area contributed by atoms with Crippen LogP contribution in [0.1, 0.15) is 45.2 Å². The molecule has 3 nitrogen and oxygen atoms in total. The van der Waals surface area contributed by atoms with Gasteiger partial charge in [0, 0.05) is 17.6 Å². The van der Waals surface area contributed by atoms with Crippen LogP contribution in [-0.2, 0) is 4.79 Å². The highest BCUT2D eigenvalue weighted by Gasteiger charge is 2.22. The van der Waals surface area contributed by atoms with E-state index in [9.17, 15) is 4.79 Å². The zero-order valence-corrected chi connectivity index (χ0v) is 14.3. The first-order valence-electron chi connectivity index (χ1n) is 7.21. The maximum Gasteiger partial charge on any atom is 0.236 e. The van der Waals surface area contributed by atoms with E-state index in [0.717, 1.165) is 17.3 Å². The van der Waals surface area contributed by atoms with E-state index in [1.165, 1.54) is 5.56 Å². The fraction of sp³-hybridized carbons (Fsp3) is 0.562. The first-order chi connectivity index (χ1) is 9.47. The zero-order chi connectivity index (χ0) is 15.1. The van der Waals surface area contributed by atoms with E-state index in [2.05, 4.69) is 59.5 Å². The van der Waals surface area contributed by atoms with Gasteiger partial charge in [0.1, 0.15) is 0 Å². The molecular formula is C16H25BrN2O. The van der Waals surface area contributed by atoms with Crippen molar-refractivity contribution >= 4 is 21.8 Å². The lowest BCUT2D eigenvalue weighted by atomic mass is 9.99. The Bertz CT molecular complexity index is 417. The van der Waals surface area contributed by atoms with Gasteiger partial charge in [-0.05, 0) is 36.5 Å². The SMILES string of the molecule is CCC(NC(CC(C)C)C(=O)NC)c1ccc(Br)cc1. The van der Waals surface area contributed by atoms with Crippen LogP contribution in [0.3, 0.4) is 0 Å². The van der Waals surface area contributed by atoms with Crippen molar-refractivity contribution in [3.8, 4) is 0 Å². The van der Waals surface area contributed by atoms with E-state index in [1.807, 2.05) is 12.1 Å². The van der Waals surface area contributed by atoms with Crippen LogP contribution in [0.2, 0.25) is 0 Å². The van der Waals surface area contributed by atoms with E-state index in [1.54, 1.807) is 7.05 Å². The molecule has 0 spiro atoms. The van der Waals surface area contributed by atoms with Gasteiger partial charge in [0.2, 0.25) is 5.91 Å². The molecule has 0 aliphatic carbocycles. The van der Waals surface area contributed by atoms with Gasteiger partial charge in [0.05, 0.1) is 6.04 Å². The van der Waals surface area contributed by atoms with Gasteiger partial charge in [0.15, 0.2) is 0 Å². The van der Waals surface area contributed by atoms with E-state index in [-0.39, 0.29) is 18.0 Å². The van der Waals surface area contributed by atoms with Gasteiger partial charge < -0.3 is 5.32 Å². The fourth-order valence-corrected chi connectivity index (χ4v) is 2.55. The number of carbonyl (C=O) groups is 1. The van der Waals surface area contributed by atoms with Crippen LogP contribution < -0.4 is 10.6 Å². The molecule has 0 aromatic heterocycles. The second kappa shape index (κ2) is 8.42. The smallest absolute Gasteiger partial charge is 0.236 e. The van der Waals surface area contributed by atoms with Crippen LogP contribution in [0.25, 0.3) is 0 Å². The average Bonchev–Trinajstić information content (AvgIpc) is 2.43. The molecule has 1 aromatic rings. The monoisotopic (exact) mass is 340 g/mol. The summed E-state index contributed by atoms with van der Waals surface area (Å²) in [7, 11) is 1.69. The Morgan fingerprint density at radius 3 is 2.30 bits per heavy atom. The van der Waals surface area contributed by atoms with Gasteiger partial charge in [-0.15, -0.1) is 0 Å². The Labute approximate surface area is 130 Å². The quantitative estimate of drug-likeness (QED) is 0.795. The Kier molecular flexibility index (Phi) is 7.24. The normalized spacial score (nSPS) is 14.1. The third kappa shape index (κ3) is 5.25. The van der Waals surface area contributed by atoms with Crippen LogP contribution >= 0.6 is 15.9 Å².